The molecule has 6 atom stereocenters. The van der Waals surface area contributed by atoms with Crippen molar-refractivity contribution in [1.82, 2.24) is 15.0 Å². The molecule has 0 bridgehead atoms. The molecule has 49 heavy (non-hydrogen) atoms. The van der Waals surface area contributed by atoms with E-state index in [-0.39, 0.29) is 36.4 Å². The molecule has 4 N–H and O–H groups in total. The molecule has 6 rings (SSSR count). The molecule has 0 radical (unpaired) electrons. The van der Waals surface area contributed by atoms with Gasteiger partial charge >= 0.3 is 0 Å². The smallest absolute Gasteiger partial charge is 0.264 e. The largest absolute Gasteiger partial charge is 0.432 e. The van der Waals surface area contributed by atoms with Crippen LogP contribution in [0.2, 0.25) is 18.6 Å². The van der Waals surface area contributed by atoms with E-state index in [2.05, 4.69) is 31.6 Å². The summed E-state index contributed by atoms with van der Waals surface area (Å²) in [7, 11) is -2.87. The summed E-state index contributed by atoms with van der Waals surface area (Å²) in [6.45, 7) is 7.86. The van der Waals surface area contributed by atoms with Crippen LogP contribution < -0.4 is 10.2 Å². The van der Waals surface area contributed by atoms with E-state index in [9.17, 15) is 24.6 Å². The number of rotatable bonds is 11. The molecule has 3 aromatic carbocycles. The molecule has 1 fully saturated rings. The quantitative estimate of drug-likeness (QED) is 0.158. The van der Waals surface area contributed by atoms with E-state index >= 15 is 0 Å². The summed E-state index contributed by atoms with van der Waals surface area (Å²) in [6, 6.07) is 22.6. The van der Waals surface area contributed by atoms with Gasteiger partial charge in [0.05, 0.1) is 36.6 Å². The molecule has 4 aromatic rings. The summed E-state index contributed by atoms with van der Waals surface area (Å²) in [5, 5.41) is 31.1. The highest BCUT2D eigenvalue weighted by molar-refractivity contribution is 9.10. The first-order valence-electron chi connectivity index (χ1n) is 16.5. The van der Waals surface area contributed by atoms with Crippen LogP contribution in [-0.4, -0.2) is 68.9 Å². The van der Waals surface area contributed by atoms with E-state index in [1.807, 2.05) is 86.9 Å². The molecular weight excluding hydrogens is 706 g/mol. The number of aromatic nitrogens is 3. The Morgan fingerprint density at radius 1 is 1.12 bits per heavy atom. The molecule has 13 heteroatoms. The molecule has 1 aromatic heterocycles. The summed E-state index contributed by atoms with van der Waals surface area (Å²) >= 11 is 3.61. The number of carbonyl (C=O) groups excluding carboxylic acids is 2. The SMILES string of the molecule is C[C@H](O)C(=O)Nc1ccc(CN2C(=O)[C@@]3(O[C@@H](CCn4cc(C(CO)c5ccccc5)nn4)[C@H]([Si](C)(C)O)[C@H]3C)c3cc(Br)ccc32)cc1. The van der Waals surface area contributed by atoms with Crippen molar-refractivity contribution in [1.29, 1.82) is 0 Å². The normalized spacial score (nSPS) is 23.1. The van der Waals surface area contributed by atoms with Crippen LogP contribution in [0, 0.1) is 5.92 Å². The van der Waals surface area contributed by atoms with Crippen LogP contribution >= 0.6 is 15.9 Å². The molecule has 11 nitrogen and oxygen atoms in total. The minimum Gasteiger partial charge on any atom is -0.432 e. The second-order valence-corrected chi connectivity index (χ2v) is 18.5. The Labute approximate surface area is 295 Å². The Balaban J connectivity index is 1.26. The molecule has 1 unspecified atom stereocenters. The van der Waals surface area contributed by atoms with Gasteiger partial charge in [0.1, 0.15) is 6.10 Å². The fourth-order valence-electron chi connectivity index (χ4n) is 7.50. The molecular formula is C36H42BrN5O6Si. The Morgan fingerprint density at radius 3 is 2.49 bits per heavy atom. The third-order valence-corrected chi connectivity index (χ3v) is 12.8. The maximum atomic E-state index is 14.7. The number of fused-ring (bicyclic) bond motifs is 2. The lowest BCUT2D eigenvalue weighted by atomic mass is 9.82. The summed E-state index contributed by atoms with van der Waals surface area (Å²) in [6.07, 6.45) is 0.787. The van der Waals surface area contributed by atoms with Crippen LogP contribution in [0.1, 0.15) is 48.6 Å². The molecule has 258 valence electrons. The predicted molar refractivity (Wildman–Crippen MR) is 191 cm³/mol. The summed E-state index contributed by atoms with van der Waals surface area (Å²) in [4.78, 5) is 40.1. The first-order chi connectivity index (χ1) is 23.3. The van der Waals surface area contributed by atoms with Crippen LogP contribution in [0.25, 0.3) is 0 Å². The zero-order valence-electron chi connectivity index (χ0n) is 28.0. The number of nitrogens with zero attached hydrogens (tertiary/aromatic N) is 4. The van der Waals surface area contributed by atoms with Gasteiger partial charge in [-0.2, -0.15) is 0 Å². The number of carbonyl (C=O) groups is 2. The van der Waals surface area contributed by atoms with E-state index in [4.69, 9.17) is 4.74 Å². The third kappa shape index (κ3) is 6.75. The maximum absolute atomic E-state index is 14.7. The van der Waals surface area contributed by atoms with E-state index in [0.717, 1.165) is 26.9 Å². The molecule has 2 aliphatic rings. The topological polar surface area (TPSA) is 150 Å². The van der Waals surface area contributed by atoms with Crippen molar-refractivity contribution in [2.75, 3.05) is 16.8 Å². The monoisotopic (exact) mass is 747 g/mol. The lowest BCUT2D eigenvalue weighted by Crippen LogP contribution is -2.46. The number of nitrogens with one attached hydrogen (secondary N) is 1. The number of hydrogen-bond donors (Lipinski definition) is 4. The number of amides is 2. The Bertz CT molecular complexity index is 1810. The van der Waals surface area contributed by atoms with Crippen molar-refractivity contribution in [3.8, 4) is 0 Å². The van der Waals surface area contributed by atoms with Crippen molar-refractivity contribution in [3.05, 3.63) is 106 Å². The lowest BCUT2D eigenvalue weighted by molar-refractivity contribution is -0.146. The fourth-order valence-corrected chi connectivity index (χ4v) is 10.5. The average Bonchev–Trinajstić information content (AvgIpc) is 3.72. The van der Waals surface area contributed by atoms with E-state index < -0.39 is 32.0 Å². The summed E-state index contributed by atoms with van der Waals surface area (Å²) in [5.74, 6) is -1.30. The second-order valence-electron chi connectivity index (χ2n) is 13.6. The molecule has 2 aliphatic heterocycles. The first-order valence-corrected chi connectivity index (χ1v) is 20.3. The van der Waals surface area contributed by atoms with Crippen molar-refractivity contribution >= 4 is 47.4 Å². The molecule has 3 heterocycles. The zero-order chi connectivity index (χ0) is 35.1. The van der Waals surface area contributed by atoms with Gasteiger partial charge in [0.25, 0.3) is 11.8 Å². The van der Waals surface area contributed by atoms with Gasteiger partial charge in [0, 0.05) is 39.9 Å². The van der Waals surface area contributed by atoms with Gasteiger partial charge in [-0.3, -0.25) is 14.3 Å². The summed E-state index contributed by atoms with van der Waals surface area (Å²) in [5.41, 5.74) is 2.98. The minimum absolute atomic E-state index is 0.0991. The highest BCUT2D eigenvalue weighted by Gasteiger charge is 2.66. The van der Waals surface area contributed by atoms with Crippen LogP contribution in [0.4, 0.5) is 11.4 Å². The second kappa shape index (κ2) is 13.9. The number of benzene rings is 3. The van der Waals surface area contributed by atoms with Gasteiger partial charge in [0.15, 0.2) is 13.9 Å². The Hall–Kier alpha value is -3.72. The molecule has 0 saturated carbocycles. The third-order valence-electron chi connectivity index (χ3n) is 9.83. The van der Waals surface area contributed by atoms with Gasteiger partial charge < -0.3 is 30.0 Å². The van der Waals surface area contributed by atoms with E-state index in [0.29, 0.717) is 24.3 Å². The van der Waals surface area contributed by atoms with E-state index in [1.54, 1.807) is 21.7 Å². The van der Waals surface area contributed by atoms with Crippen molar-refractivity contribution in [2.24, 2.45) is 5.92 Å². The number of anilines is 2. The van der Waals surface area contributed by atoms with Crippen molar-refractivity contribution < 1.29 is 29.3 Å². The van der Waals surface area contributed by atoms with Crippen LogP contribution in [0.15, 0.2) is 83.5 Å². The molecule has 1 saturated heterocycles. The summed E-state index contributed by atoms with van der Waals surface area (Å²) < 4.78 is 9.53. The number of halogens is 1. The first kappa shape index (κ1) is 35.1. The fraction of sp³-hybridized carbons (Fsp3) is 0.389. The maximum Gasteiger partial charge on any atom is 0.264 e. The van der Waals surface area contributed by atoms with Gasteiger partial charge in [-0.1, -0.05) is 70.5 Å². The van der Waals surface area contributed by atoms with Crippen LogP contribution in [0.3, 0.4) is 0 Å². The number of aliphatic hydroxyl groups is 2. The van der Waals surface area contributed by atoms with Crippen LogP contribution in [-0.2, 0) is 33.0 Å². The highest BCUT2D eigenvalue weighted by atomic mass is 79.9. The van der Waals surface area contributed by atoms with E-state index in [1.165, 1.54) is 6.92 Å². The van der Waals surface area contributed by atoms with Gasteiger partial charge in [-0.05, 0) is 67.9 Å². The number of aliphatic hydroxyl groups excluding tert-OH is 2. The Kier molecular flexibility index (Phi) is 9.95. The van der Waals surface area contributed by atoms with Gasteiger partial charge in [-0.25, -0.2) is 0 Å². The lowest BCUT2D eigenvalue weighted by Gasteiger charge is -2.32. The van der Waals surface area contributed by atoms with Crippen LogP contribution in [0.5, 0.6) is 0 Å². The zero-order valence-corrected chi connectivity index (χ0v) is 30.5. The standard InChI is InChI=1S/C36H42BrN5O6Si/c1-22-33(49(3,4)47)32(16-17-41-20-30(39-40-41)28(21-43)25-8-6-5-7-9-25)48-36(22)29-18-26(37)12-15-31(29)42(35(36)46)19-24-10-13-27(14-11-24)38-34(45)23(2)44/h5-15,18,20,22-23,28,32-33,43-44,47H,16-17,19,21H2,1-4H3,(H,38,45)/t22-,23+,28?,32+,33-,36+/m1/s1. The van der Waals surface area contributed by atoms with Crippen molar-refractivity contribution in [2.45, 2.75) is 75.7 Å². The molecule has 1 spiro atoms. The average molecular weight is 749 g/mol. The number of aryl methyl sites for hydroxylation is 1. The van der Waals surface area contributed by atoms with Gasteiger partial charge in [-0.15, -0.1) is 5.10 Å². The number of hydrogen-bond acceptors (Lipinski definition) is 8. The minimum atomic E-state index is -2.87. The molecule has 2 amide bonds. The highest BCUT2D eigenvalue weighted by Crippen LogP contribution is 2.60. The van der Waals surface area contributed by atoms with Crippen molar-refractivity contribution in [3.63, 3.8) is 0 Å². The van der Waals surface area contributed by atoms with Gasteiger partial charge in [0.2, 0.25) is 0 Å². The predicted octanol–water partition coefficient (Wildman–Crippen LogP) is 4.92. The molecule has 0 aliphatic carbocycles. The Morgan fingerprint density at radius 2 is 1.84 bits per heavy atom. The number of ether oxygens (including phenoxy) is 1.